The zero-order valence-corrected chi connectivity index (χ0v) is 19.0. The molecule has 30 heavy (non-hydrogen) atoms. The number of alkyl halides is 1. The van der Waals surface area contributed by atoms with Crippen molar-refractivity contribution in [3.05, 3.63) is 0 Å². The maximum Gasteiger partial charge on any atom is 0.237 e. The van der Waals surface area contributed by atoms with Gasteiger partial charge in [-0.15, -0.1) is 0 Å². The summed E-state index contributed by atoms with van der Waals surface area (Å²) >= 11 is 0. The third-order valence-electron chi connectivity index (χ3n) is 8.38. The summed E-state index contributed by atoms with van der Waals surface area (Å²) in [7, 11) is 0. The quantitative estimate of drug-likeness (QED) is 0.616. The Labute approximate surface area is 182 Å². The number of nitrogens with one attached hydrogen (secondary N) is 3. The van der Waals surface area contributed by atoms with Crippen LogP contribution in [0.25, 0.3) is 0 Å². The molecular formula is C24H43FN4O. The Hall–Kier alpha value is -0.720. The predicted molar refractivity (Wildman–Crippen MR) is 119 cm³/mol. The van der Waals surface area contributed by atoms with E-state index < -0.39 is 6.17 Å². The van der Waals surface area contributed by atoms with Crippen molar-refractivity contribution in [3.63, 3.8) is 0 Å². The Bertz CT molecular complexity index is 549. The highest BCUT2D eigenvalue weighted by atomic mass is 19.1. The molecule has 2 saturated carbocycles. The molecule has 2 heterocycles. The van der Waals surface area contributed by atoms with E-state index in [1.807, 2.05) is 0 Å². The third-order valence-corrected chi connectivity index (χ3v) is 8.38. The zero-order chi connectivity index (χ0) is 21.1. The lowest BCUT2D eigenvalue weighted by Gasteiger charge is -2.41. The van der Waals surface area contributed by atoms with E-state index in [-0.39, 0.29) is 30.0 Å². The topological polar surface area (TPSA) is 56.4 Å². The summed E-state index contributed by atoms with van der Waals surface area (Å²) in [5.41, 5.74) is 0. The summed E-state index contributed by atoms with van der Waals surface area (Å²) < 4.78 is 14.4. The number of carbonyl (C=O) groups excluding carboxylic acids is 1. The monoisotopic (exact) mass is 422 g/mol. The van der Waals surface area contributed by atoms with Gasteiger partial charge >= 0.3 is 0 Å². The number of nitrogens with zero attached hydrogens (tertiary/aromatic N) is 1. The van der Waals surface area contributed by atoms with Gasteiger partial charge in [0.1, 0.15) is 6.17 Å². The molecule has 1 amide bonds. The maximum absolute atomic E-state index is 14.4. The van der Waals surface area contributed by atoms with E-state index in [0.29, 0.717) is 30.8 Å². The van der Waals surface area contributed by atoms with Crippen LogP contribution >= 0.6 is 0 Å². The molecule has 5 nitrogen and oxygen atoms in total. The van der Waals surface area contributed by atoms with Gasteiger partial charge in [-0.3, -0.25) is 4.79 Å². The SMILES string of the molecule is CCCNC1CCN(C2CCCC(NC(=O)C3CC4C(F)CCC(C)C4N3)C2)CC1. The van der Waals surface area contributed by atoms with Crippen molar-refractivity contribution in [2.75, 3.05) is 19.6 Å². The van der Waals surface area contributed by atoms with E-state index in [1.165, 1.54) is 45.2 Å². The van der Waals surface area contributed by atoms with E-state index in [9.17, 15) is 9.18 Å². The van der Waals surface area contributed by atoms with Gasteiger partial charge in [-0.1, -0.05) is 13.8 Å². The van der Waals surface area contributed by atoms with Crippen molar-refractivity contribution in [2.24, 2.45) is 11.8 Å². The van der Waals surface area contributed by atoms with Crippen LogP contribution in [-0.4, -0.2) is 66.8 Å². The fraction of sp³-hybridized carbons (Fsp3) is 0.958. The normalized spacial score (nSPS) is 40.8. The van der Waals surface area contributed by atoms with Gasteiger partial charge in [-0.2, -0.15) is 0 Å². The second-order valence-electron chi connectivity index (χ2n) is 10.5. The molecule has 4 rings (SSSR count). The van der Waals surface area contributed by atoms with E-state index in [1.54, 1.807) is 0 Å². The molecule has 0 radical (unpaired) electrons. The fourth-order valence-electron chi connectivity index (χ4n) is 6.55. The van der Waals surface area contributed by atoms with Crippen LogP contribution < -0.4 is 16.0 Å². The molecule has 7 unspecified atom stereocenters. The average Bonchev–Trinajstić information content (AvgIpc) is 3.23. The summed E-state index contributed by atoms with van der Waals surface area (Å²) in [6.07, 6.45) is 9.79. The number of rotatable bonds is 6. The number of likely N-dealkylation sites (tertiary alicyclic amines) is 1. The maximum atomic E-state index is 14.4. The van der Waals surface area contributed by atoms with Gasteiger partial charge in [-0.25, -0.2) is 4.39 Å². The number of fused-ring (bicyclic) bond motifs is 1. The highest BCUT2D eigenvalue weighted by molar-refractivity contribution is 5.82. The molecule has 3 N–H and O–H groups in total. The number of hydrogen-bond acceptors (Lipinski definition) is 4. The minimum absolute atomic E-state index is 0.0196. The smallest absolute Gasteiger partial charge is 0.237 e. The molecule has 7 atom stereocenters. The Morgan fingerprint density at radius 3 is 2.60 bits per heavy atom. The van der Waals surface area contributed by atoms with Gasteiger partial charge in [0.05, 0.1) is 6.04 Å². The van der Waals surface area contributed by atoms with Crippen LogP contribution in [0.5, 0.6) is 0 Å². The molecule has 6 heteroatoms. The van der Waals surface area contributed by atoms with Crippen molar-refractivity contribution >= 4 is 5.91 Å². The second-order valence-corrected chi connectivity index (χ2v) is 10.5. The van der Waals surface area contributed by atoms with Gasteiger partial charge in [-0.05, 0) is 89.8 Å². The molecule has 4 fully saturated rings. The van der Waals surface area contributed by atoms with Gasteiger partial charge < -0.3 is 20.9 Å². The van der Waals surface area contributed by atoms with Crippen LogP contribution in [0, 0.1) is 11.8 Å². The Balaban J connectivity index is 1.24. The molecule has 0 aromatic rings. The highest BCUT2D eigenvalue weighted by Crippen LogP contribution is 2.38. The minimum Gasteiger partial charge on any atom is -0.352 e. The predicted octanol–water partition coefficient (Wildman–Crippen LogP) is 2.99. The molecule has 2 saturated heterocycles. The summed E-state index contributed by atoms with van der Waals surface area (Å²) in [6.45, 7) is 7.90. The average molecular weight is 423 g/mol. The van der Waals surface area contributed by atoms with E-state index >= 15 is 0 Å². The van der Waals surface area contributed by atoms with E-state index in [4.69, 9.17) is 0 Å². The molecule has 2 aliphatic heterocycles. The first-order valence-corrected chi connectivity index (χ1v) is 12.7. The van der Waals surface area contributed by atoms with Crippen LogP contribution in [0.4, 0.5) is 4.39 Å². The van der Waals surface area contributed by atoms with Crippen LogP contribution in [0.3, 0.4) is 0 Å². The van der Waals surface area contributed by atoms with Crippen molar-refractivity contribution < 1.29 is 9.18 Å². The van der Waals surface area contributed by atoms with E-state index in [2.05, 4.69) is 34.7 Å². The highest BCUT2D eigenvalue weighted by Gasteiger charge is 2.46. The number of piperidine rings is 1. The molecular weight excluding hydrogens is 379 g/mol. The fourth-order valence-corrected chi connectivity index (χ4v) is 6.55. The molecule has 4 aliphatic rings. The first-order valence-electron chi connectivity index (χ1n) is 12.7. The molecule has 0 aromatic carbocycles. The van der Waals surface area contributed by atoms with Crippen molar-refractivity contribution in [1.29, 1.82) is 0 Å². The van der Waals surface area contributed by atoms with Crippen LogP contribution in [0.1, 0.15) is 78.1 Å². The lowest BCUT2D eigenvalue weighted by molar-refractivity contribution is -0.124. The Morgan fingerprint density at radius 1 is 1.07 bits per heavy atom. The lowest BCUT2D eigenvalue weighted by Crippen LogP contribution is -2.53. The van der Waals surface area contributed by atoms with Crippen molar-refractivity contribution in [1.82, 2.24) is 20.9 Å². The second kappa shape index (κ2) is 10.3. The number of halogens is 1. The lowest BCUT2D eigenvalue weighted by atomic mass is 9.77. The minimum atomic E-state index is -0.745. The summed E-state index contributed by atoms with van der Waals surface area (Å²) in [5, 5.41) is 10.5. The molecule has 172 valence electrons. The summed E-state index contributed by atoms with van der Waals surface area (Å²) in [5.74, 6) is 0.594. The van der Waals surface area contributed by atoms with Crippen molar-refractivity contribution in [3.8, 4) is 0 Å². The molecule has 0 spiro atoms. The number of amides is 1. The molecule has 2 aliphatic carbocycles. The van der Waals surface area contributed by atoms with Gasteiger partial charge in [0.2, 0.25) is 5.91 Å². The summed E-state index contributed by atoms with van der Waals surface area (Å²) in [4.78, 5) is 15.6. The number of carbonyl (C=O) groups is 1. The van der Waals surface area contributed by atoms with Crippen LogP contribution in [0.15, 0.2) is 0 Å². The van der Waals surface area contributed by atoms with Crippen molar-refractivity contribution in [2.45, 2.75) is 114 Å². The molecule has 0 bridgehead atoms. The first-order chi connectivity index (χ1) is 14.5. The first kappa shape index (κ1) is 22.5. The van der Waals surface area contributed by atoms with Crippen LogP contribution in [0.2, 0.25) is 0 Å². The standard InChI is InChI=1S/C24H43FN4O/c1-3-11-26-17-9-12-29(13-10-17)19-6-4-5-18(14-19)27-24(30)22-15-20-21(25)8-7-16(2)23(20)28-22/h16-23,26,28H,3-15H2,1-2H3,(H,27,30). The Kier molecular flexibility index (Phi) is 7.69. The van der Waals surface area contributed by atoms with Gasteiger partial charge in [0.15, 0.2) is 0 Å². The number of hydrogen-bond donors (Lipinski definition) is 3. The van der Waals surface area contributed by atoms with Gasteiger partial charge in [0.25, 0.3) is 0 Å². The van der Waals surface area contributed by atoms with E-state index in [0.717, 1.165) is 25.8 Å². The largest absolute Gasteiger partial charge is 0.352 e. The van der Waals surface area contributed by atoms with Gasteiger partial charge in [0, 0.05) is 30.1 Å². The third kappa shape index (κ3) is 5.18. The Morgan fingerprint density at radius 2 is 1.87 bits per heavy atom. The zero-order valence-electron chi connectivity index (χ0n) is 19.0. The summed E-state index contributed by atoms with van der Waals surface area (Å²) in [6, 6.07) is 1.52. The van der Waals surface area contributed by atoms with Crippen LogP contribution in [-0.2, 0) is 4.79 Å². The molecule has 0 aromatic heterocycles.